The van der Waals surface area contributed by atoms with Gasteiger partial charge >= 0.3 is 17.6 Å². The van der Waals surface area contributed by atoms with Crippen LogP contribution in [0.4, 0.5) is 11.4 Å². The van der Waals surface area contributed by atoms with Crippen molar-refractivity contribution in [3.05, 3.63) is 69.5 Å². The van der Waals surface area contributed by atoms with Crippen LogP contribution >= 0.6 is 0 Å². The van der Waals surface area contributed by atoms with Crippen LogP contribution in [0.2, 0.25) is 0 Å². The van der Waals surface area contributed by atoms with E-state index in [-0.39, 0.29) is 11.3 Å². The Labute approximate surface area is 172 Å². The number of allylic oxidation sites excluding steroid dienone is 1. The van der Waals surface area contributed by atoms with Gasteiger partial charge in [0.2, 0.25) is 0 Å². The Morgan fingerprint density at radius 2 is 1.65 bits per heavy atom. The molecule has 0 atom stereocenters. The lowest BCUT2D eigenvalue weighted by atomic mass is 10.1. The molecule has 0 aliphatic heterocycles. The Kier molecular flexibility index (Phi) is 5.63. The lowest BCUT2D eigenvalue weighted by Gasteiger charge is -2.06. The minimum absolute atomic E-state index is 0.213. The number of aliphatic hydroxyl groups is 1. The molecule has 1 heterocycles. The molecule has 3 rings (SSSR count). The summed E-state index contributed by atoms with van der Waals surface area (Å²) in [6, 6.07) is 7.71. The van der Waals surface area contributed by atoms with Crippen LogP contribution in [0.15, 0.2) is 62.9 Å². The van der Waals surface area contributed by atoms with E-state index in [1.165, 1.54) is 19.1 Å². The fourth-order valence-electron chi connectivity index (χ4n) is 2.61. The van der Waals surface area contributed by atoms with E-state index in [4.69, 9.17) is 5.11 Å². The lowest BCUT2D eigenvalue weighted by molar-refractivity contribution is -0.113. The number of H-pyrrole nitrogens is 2. The first kappa shape index (κ1) is 21.0. The number of azo groups is 1. The van der Waals surface area contributed by atoms with E-state index in [9.17, 15) is 29.4 Å². The Morgan fingerprint density at radius 1 is 0.935 bits per heavy atom. The molecule has 12 heteroatoms. The highest BCUT2D eigenvalue weighted by atomic mass is 16.4. The number of benzene rings is 2. The zero-order valence-corrected chi connectivity index (χ0v) is 15.8. The number of anilines is 1. The zero-order chi connectivity index (χ0) is 22.7. The second-order valence-electron chi connectivity index (χ2n) is 6.27. The summed E-state index contributed by atoms with van der Waals surface area (Å²) in [7, 11) is 0. The van der Waals surface area contributed by atoms with Crippen molar-refractivity contribution in [2.24, 2.45) is 10.2 Å². The SMILES string of the molecule is C/C(O)=C(\N=Nc1ccc(C(=O)O)cc1C(=O)O)C(=O)Nc1ccc2[nH]c(=O)[nH]c2c1. The lowest BCUT2D eigenvalue weighted by Crippen LogP contribution is -2.14. The smallest absolute Gasteiger partial charge is 0.337 e. The molecule has 0 aliphatic carbocycles. The fourth-order valence-corrected chi connectivity index (χ4v) is 2.61. The maximum atomic E-state index is 12.5. The average molecular weight is 425 g/mol. The Bertz CT molecular complexity index is 1330. The molecule has 1 aromatic heterocycles. The Hall–Kier alpha value is -4.74. The van der Waals surface area contributed by atoms with E-state index in [2.05, 4.69) is 25.5 Å². The number of hydrogen-bond acceptors (Lipinski definition) is 7. The highest BCUT2D eigenvalue weighted by molar-refractivity contribution is 6.04. The number of aliphatic hydroxyl groups excluding tert-OH is 1. The molecule has 0 spiro atoms. The summed E-state index contributed by atoms with van der Waals surface area (Å²) in [5, 5.41) is 37.9. The first-order valence-electron chi connectivity index (χ1n) is 8.61. The third-order valence-corrected chi connectivity index (χ3v) is 4.06. The molecule has 158 valence electrons. The summed E-state index contributed by atoms with van der Waals surface area (Å²) >= 11 is 0. The molecule has 1 amide bonds. The normalized spacial score (nSPS) is 12.0. The van der Waals surface area contributed by atoms with E-state index in [1.54, 1.807) is 6.07 Å². The van der Waals surface area contributed by atoms with Crippen molar-refractivity contribution in [3.63, 3.8) is 0 Å². The molecule has 0 fully saturated rings. The van der Waals surface area contributed by atoms with Crippen LogP contribution in [0.1, 0.15) is 27.6 Å². The van der Waals surface area contributed by atoms with Crippen LogP contribution < -0.4 is 11.0 Å². The molecular weight excluding hydrogens is 410 g/mol. The predicted octanol–water partition coefficient (Wildman–Crippen LogP) is 2.76. The third kappa shape index (κ3) is 4.64. The number of carbonyl (C=O) groups excluding carboxylic acids is 1. The van der Waals surface area contributed by atoms with Gasteiger partial charge in [-0.25, -0.2) is 14.4 Å². The van der Waals surface area contributed by atoms with Crippen molar-refractivity contribution in [1.82, 2.24) is 9.97 Å². The van der Waals surface area contributed by atoms with Crippen molar-refractivity contribution in [2.75, 3.05) is 5.32 Å². The molecule has 6 N–H and O–H groups in total. The third-order valence-electron chi connectivity index (χ3n) is 4.06. The number of carbonyl (C=O) groups is 3. The number of aromatic nitrogens is 2. The predicted molar refractivity (Wildman–Crippen MR) is 108 cm³/mol. The summed E-state index contributed by atoms with van der Waals surface area (Å²) < 4.78 is 0. The van der Waals surface area contributed by atoms with Crippen LogP contribution in [-0.2, 0) is 4.79 Å². The number of fused-ring (bicyclic) bond motifs is 1. The second-order valence-corrected chi connectivity index (χ2v) is 6.27. The number of aromatic amines is 2. The van der Waals surface area contributed by atoms with Crippen LogP contribution in [0.3, 0.4) is 0 Å². The second kappa shape index (κ2) is 8.32. The van der Waals surface area contributed by atoms with E-state index >= 15 is 0 Å². The van der Waals surface area contributed by atoms with Gasteiger partial charge in [0, 0.05) is 5.69 Å². The van der Waals surface area contributed by atoms with Gasteiger partial charge in [-0.2, -0.15) is 0 Å². The molecule has 31 heavy (non-hydrogen) atoms. The molecule has 0 bridgehead atoms. The van der Waals surface area contributed by atoms with Crippen LogP contribution in [0.25, 0.3) is 11.0 Å². The minimum atomic E-state index is -1.44. The van der Waals surface area contributed by atoms with E-state index in [1.807, 2.05) is 0 Å². The highest BCUT2D eigenvalue weighted by Gasteiger charge is 2.17. The number of amides is 1. The number of nitrogens with one attached hydrogen (secondary N) is 3. The van der Waals surface area contributed by atoms with E-state index in [0.717, 1.165) is 18.2 Å². The van der Waals surface area contributed by atoms with Gasteiger partial charge in [-0.05, 0) is 43.3 Å². The van der Waals surface area contributed by atoms with Crippen molar-refractivity contribution in [1.29, 1.82) is 0 Å². The maximum Gasteiger partial charge on any atom is 0.337 e. The summed E-state index contributed by atoms with van der Waals surface area (Å²) in [6.07, 6.45) is 0. The van der Waals surface area contributed by atoms with Crippen LogP contribution in [0.5, 0.6) is 0 Å². The summed E-state index contributed by atoms with van der Waals surface area (Å²) in [6.45, 7) is 1.19. The molecular formula is C19H15N5O7. The Morgan fingerprint density at radius 3 is 2.29 bits per heavy atom. The highest BCUT2D eigenvalue weighted by Crippen LogP contribution is 2.23. The molecule has 0 radical (unpaired) electrons. The van der Waals surface area contributed by atoms with Crippen molar-refractivity contribution in [3.8, 4) is 0 Å². The van der Waals surface area contributed by atoms with Crippen molar-refractivity contribution in [2.45, 2.75) is 6.92 Å². The monoisotopic (exact) mass is 425 g/mol. The van der Waals surface area contributed by atoms with Gasteiger partial charge in [0.25, 0.3) is 5.91 Å². The quantitative estimate of drug-likeness (QED) is 0.198. The Balaban J connectivity index is 1.88. The standard InChI is InChI=1S/C19H15N5O7/c1-8(25)15(16(26)20-10-3-5-13-14(7-10)22-19(31)21-13)24-23-12-4-2-9(17(27)28)6-11(12)18(29)30/h2-7,25H,1H3,(H,20,26)(H,27,28)(H,29,30)(H2,21,22,31)/b15-8+,24-23?. The van der Waals surface area contributed by atoms with Gasteiger partial charge < -0.3 is 30.6 Å². The number of rotatable bonds is 6. The minimum Gasteiger partial charge on any atom is -0.510 e. The first-order chi connectivity index (χ1) is 14.7. The number of imidazole rings is 1. The fraction of sp³-hybridized carbons (Fsp3) is 0.0526. The molecule has 2 aromatic carbocycles. The van der Waals surface area contributed by atoms with Crippen molar-refractivity contribution < 1.29 is 29.7 Å². The number of aromatic carboxylic acids is 2. The van der Waals surface area contributed by atoms with Gasteiger partial charge in [0.1, 0.15) is 11.4 Å². The largest absolute Gasteiger partial charge is 0.510 e. The number of nitrogens with zero attached hydrogens (tertiary/aromatic N) is 2. The zero-order valence-electron chi connectivity index (χ0n) is 15.8. The van der Waals surface area contributed by atoms with E-state index < -0.39 is 40.6 Å². The molecule has 0 aliphatic rings. The molecule has 0 saturated heterocycles. The van der Waals surface area contributed by atoms with Crippen molar-refractivity contribution >= 4 is 40.3 Å². The van der Waals surface area contributed by atoms with Crippen LogP contribution in [0, 0.1) is 0 Å². The van der Waals surface area contributed by atoms with Gasteiger partial charge in [-0.1, -0.05) is 0 Å². The van der Waals surface area contributed by atoms with E-state index in [0.29, 0.717) is 16.7 Å². The summed E-state index contributed by atoms with van der Waals surface area (Å²) in [4.78, 5) is 51.4. The average Bonchev–Trinajstić information content (AvgIpc) is 3.06. The summed E-state index contributed by atoms with van der Waals surface area (Å²) in [5.41, 5.74) is -0.567. The molecule has 0 saturated carbocycles. The van der Waals surface area contributed by atoms with Gasteiger partial charge in [-0.15, -0.1) is 10.2 Å². The van der Waals surface area contributed by atoms with Gasteiger partial charge in [0.15, 0.2) is 5.70 Å². The molecule has 3 aromatic rings. The van der Waals surface area contributed by atoms with Crippen LogP contribution in [-0.4, -0.2) is 43.1 Å². The maximum absolute atomic E-state index is 12.5. The molecule has 0 unspecified atom stereocenters. The topological polar surface area (TPSA) is 197 Å². The first-order valence-corrected chi connectivity index (χ1v) is 8.61. The number of hydrogen-bond donors (Lipinski definition) is 6. The summed E-state index contributed by atoms with van der Waals surface area (Å²) in [5.74, 6) is -4.10. The molecule has 12 nitrogen and oxygen atoms in total. The van der Waals surface area contributed by atoms with Gasteiger partial charge in [0.05, 0.1) is 22.2 Å². The number of carboxylic acid groups (broad SMARTS) is 2. The number of carboxylic acids is 2. The van der Waals surface area contributed by atoms with Gasteiger partial charge in [-0.3, -0.25) is 4.79 Å².